The van der Waals surface area contributed by atoms with Crippen LogP contribution in [0.2, 0.25) is 0 Å². The lowest BCUT2D eigenvalue weighted by Crippen LogP contribution is -2.34. The second-order valence-electron chi connectivity index (χ2n) is 6.73. The lowest BCUT2D eigenvalue weighted by molar-refractivity contribution is 0.366. The van der Waals surface area contributed by atoms with Gasteiger partial charge in [0.15, 0.2) is 0 Å². The Morgan fingerprint density at radius 2 is 1.68 bits per heavy atom. The molecule has 2 aromatic carbocycles. The van der Waals surface area contributed by atoms with E-state index in [0.29, 0.717) is 0 Å². The topological polar surface area (TPSA) is 6.48 Å². The molecule has 2 nitrogen and oxygen atoms in total. The molecule has 1 heterocycles. The fourth-order valence-electron chi connectivity index (χ4n) is 3.85. The quantitative estimate of drug-likeness (QED) is 0.828. The number of fused-ring (bicyclic) bond motifs is 1. The Bertz CT molecular complexity index is 621. The maximum Gasteiger partial charge on any atom is 0.0406 e. The first-order chi connectivity index (χ1) is 10.6. The third-order valence-corrected chi connectivity index (χ3v) is 4.87. The second kappa shape index (κ2) is 6.13. The first kappa shape index (κ1) is 15.1. The fraction of sp³-hybridized carbons (Fsp3) is 0.400. The molecule has 116 valence electrons. The molecule has 0 spiro atoms. The van der Waals surface area contributed by atoms with Crippen molar-refractivity contribution < 1.29 is 0 Å². The summed E-state index contributed by atoms with van der Waals surface area (Å²) >= 11 is 0. The van der Waals surface area contributed by atoms with Crippen LogP contribution in [0.25, 0.3) is 0 Å². The van der Waals surface area contributed by atoms with E-state index >= 15 is 0 Å². The van der Waals surface area contributed by atoms with E-state index in [1.807, 2.05) is 0 Å². The zero-order chi connectivity index (χ0) is 15.6. The summed E-state index contributed by atoms with van der Waals surface area (Å²) in [6.07, 6.45) is 2.40. The van der Waals surface area contributed by atoms with Gasteiger partial charge in [-0.15, -0.1) is 0 Å². The normalized spacial score (nSPS) is 20.5. The molecule has 0 saturated carbocycles. The smallest absolute Gasteiger partial charge is 0.0406 e. The summed E-state index contributed by atoms with van der Waals surface area (Å²) in [6, 6.07) is 20.0. The number of para-hydroxylation sites is 1. The van der Waals surface area contributed by atoms with Crippen molar-refractivity contribution in [2.45, 2.75) is 18.3 Å². The summed E-state index contributed by atoms with van der Waals surface area (Å²) in [4.78, 5) is 4.70. The minimum absolute atomic E-state index is 0.128. The molecule has 3 rings (SSSR count). The SMILES string of the molecule is CN(C)CCCC1(c2ccccc2)CN(C)c2ccccc21. The highest BCUT2D eigenvalue weighted by molar-refractivity contribution is 5.65. The first-order valence-electron chi connectivity index (χ1n) is 8.14. The molecule has 1 aliphatic heterocycles. The van der Waals surface area contributed by atoms with Gasteiger partial charge in [0.25, 0.3) is 0 Å². The molecule has 22 heavy (non-hydrogen) atoms. The molecule has 0 amide bonds. The highest BCUT2D eigenvalue weighted by Crippen LogP contribution is 2.47. The zero-order valence-electron chi connectivity index (χ0n) is 13.9. The van der Waals surface area contributed by atoms with E-state index in [1.165, 1.54) is 29.7 Å². The second-order valence-corrected chi connectivity index (χ2v) is 6.73. The van der Waals surface area contributed by atoms with Crippen LogP contribution in [0, 0.1) is 0 Å². The lowest BCUT2D eigenvalue weighted by Gasteiger charge is -2.31. The average Bonchev–Trinajstić information content (AvgIpc) is 2.82. The van der Waals surface area contributed by atoms with Crippen LogP contribution in [-0.2, 0) is 5.41 Å². The monoisotopic (exact) mass is 294 g/mol. The van der Waals surface area contributed by atoms with Gasteiger partial charge in [-0.05, 0) is 50.7 Å². The molecule has 0 bridgehead atoms. The number of nitrogens with zero attached hydrogens (tertiary/aromatic N) is 2. The largest absolute Gasteiger partial charge is 0.373 e. The standard InChI is InChI=1S/C20H26N2/c1-21(2)15-9-14-20(17-10-5-4-6-11-17)16-22(3)19-13-8-7-12-18(19)20/h4-8,10-13H,9,14-16H2,1-3H3. The minimum atomic E-state index is 0.128. The maximum atomic E-state index is 2.41. The van der Waals surface area contributed by atoms with Crippen LogP contribution >= 0.6 is 0 Å². The van der Waals surface area contributed by atoms with Crippen LogP contribution in [0.3, 0.4) is 0 Å². The predicted octanol–water partition coefficient (Wildman–Crippen LogP) is 3.76. The van der Waals surface area contributed by atoms with Gasteiger partial charge in [-0.25, -0.2) is 0 Å². The number of benzene rings is 2. The number of rotatable bonds is 5. The van der Waals surface area contributed by atoms with Crippen LogP contribution in [0.5, 0.6) is 0 Å². The van der Waals surface area contributed by atoms with E-state index in [9.17, 15) is 0 Å². The third-order valence-electron chi connectivity index (χ3n) is 4.87. The molecule has 2 heteroatoms. The van der Waals surface area contributed by atoms with E-state index in [0.717, 1.165) is 13.1 Å². The summed E-state index contributed by atoms with van der Waals surface area (Å²) in [5, 5.41) is 0. The van der Waals surface area contributed by atoms with Gasteiger partial charge in [0.05, 0.1) is 0 Å². The summed E-state index contributed by atoms with van der Waals surface area (Å²) in [6.45, 7) is 2.21. The van der Waals surface area contributed by atoms with Gasteiger partial charge in [0.1, 0.15) is 0 Å². The summed E-state index contributed by atoms with van der Waals surface area (Å²) < 4.78 is 0. The van der Waals surface area contributed by atoms with Gasteiger partial charge in [-0.1, -0.05) is 48.5 Å². The van der Waals surface area contributed by atoms with E-state index in [-0.39, 0.29) is 5.41 Å². The lowest BCUT2D eigenvalue weighted by atomic mass is 9.72. The molecule has 0 aliphatic carbocycles. The van der Waals surface area contributed by atoms with Gasteiger partial charge in [0.2, 0.25) is 0 Å². The van der Waals surface area contributed by atoms with E-state index in [4.69, 9.17) is 0 Å². The Balaban J connectivity index is 2.02. The van der Waals surface area contributed by atoms with E-state index < -0.39 is 0 Å². The number of hydrogen-bond acceptors (Lipinski definition) is 2. The predicted molar refractivity (Wildman–Crippen MR) is 94.7 cm³/mol. The molecule has 1 unspecified atom stereocenters. The Morgan fingerprint density at radius 3 is 2.41 bits per heavy atom. The highest BCUT2D eigenvalue weighted by Gasteiger charge is 2.42. The van der Waals surface area contributed by atoms with Crippen molar-refractivity contribution in [1.82, 2.24) is 4.90 Å². The van der Waals surface area contributed by atoms with Gasteiger partial charge in [0, 0.05) is 24.7 Å². The van der Waals surface area contributed by atoms with Gasteiger partial charge in [-0.3, -0.25) is 0 Å². The van der Waals surface area contributed by atoms with Crippen LogP contribution in [0.4, 0.5) is 5.69 Å². The Labute approximate surface area is 134 Å². The van der Waals surface area contributed by atoms with Crippen molar-refractivity contribution in [2.75, 3.05) is 39.1 Å². The van der Waals surface area contributed by atoms with Gasteiger partial charge >= 0.3 is 0 Å². The van der Waals surface area contributed by atoms with Crippen LogP contribution in [-0.4, -0.2) is 39.1 Å². The Hall–Kier alpha value is -1.80. The summed E-state index contributed by atoms with van der Waals surface area (Å²) in [5.41, 5.74) is 4.45. The van der Waals surface area contributed by atoms with Crippen molar-refractivity contribution in [1.29, 1.82) is 0 Å². The average molecular weight is 294 g/mol. The molecule has 2 aromatic rings. The molecular weight excluding hydrogens is 268 g/mol. The molecule has 1 atom stereocenters. The fourth-order valence-corrected chi connectivity index (χ4v) is 3.85. The van der Waals surface area contributed by atoms with Crippen molar-refractivity contribution in [3.63, 3.8) is 0 Å². The number of likely N-dealkylation sites (N-methyl/N-ethyl adjacent to an activating group) is 1. The molecule has 0 N–H and O–H groups in total. The van der Waals surface area contributed by atoms with Gasteiger partial charge in [-0.2, -0.15) is 0 Å². The molecular formula is C20H26N2. The van der Waals surface area contributed by atoms with Crippen molar-refractivity contribution in [3.8, 4) is 0 Å². The maximum absolute atomic E-state index is 2.41. The van der Waals surface area contributed by atoms with Crippen LogP contribution < -0.4 is 4.90 Å². The molecule has 1 aliphatic rings. The third kappa shape index (κ3) is 2.64. The summed E-state index contributed by atoms with van der Waals surface area (Å²) in [7, 11) is 6.53. The zero-order valence-corrected chi connectivity index (χ0v) is 13.9. The minimum Gasteiger partial charge on any atom is -0.373 e. The molecule has 0 aromatic heterocycles. The van der Waals surface area contributed by atoms with Crippen LogP contribution in [0.15, 0.2) is 54.6 Å². The summed E-state index contributed by atoms with van der Waals surface area (Å²) in [5.74, 6) is 0. The van der Waals surface area contributed by atoms with Crippen molar-refractivity contribution in [2.24, 2.45) is 0 Å². The first-order valence-corrected chi connectivity index (χ1v) is 8.14. The molecule has 0 saturated heterocycles. The number of anilines is 1. The van der Waals surface area contributed by atoms with E-state index in [2.05, 4.69) is 85.5 Å². The van der Waals surface area contributed by atoms with E-state index in [1.54, 1.807) is 0 Å². The number of hydrogen-bond donors (Lipinski definition) is 0. The Kier molecular flexibility index (Phi) is 4.21. The Morgan fingerprint density at radius 1 is 1.00 bits per heavy atom. The van der Waals surface area contributed by atoms with Crippen molar-refractivity contribution in [3.05, 3.63) is 65.7 Å². The van der Waals surface area contributed by atoms with Crippen LogP contribution in [0.1, 0.15) is 24.0 Å². The highest BCUT2D eigenvalue weighted by atomic mass is 15.1. The molecule has 0 radical (unpaired) electrons. The molecule has 0 fully saturated rings. The van der Waals surface area contributed by atoms with Gasteiger partial charge < -0.3 is 9.80 Å². The van der Waals surface area contributed by atoms with Crippen molar-refractivity contribution >= 4 is 5.69 Å².